The molecule has 4 rings (SSSR count). The molecule has 9 nitrogen and oxygen atoms in total. The normalized spacial score (nSPS) is 26.8. The van der Waals surface area contributed by atoms with Gasteiger partial charge in [-0.05, 0) is 56.0 Å². The molecule has 1 aliphatic carbocycles. The summed E-state index contributed by atoms with van der Waals surface area (Å²) in [6.45, 7) is 5.59. The van der Waals surface area contributed by atoms with Crippen molar-refractivity contribution in [2.75, 3.05) is 56.3 Å². The number of carbonyl (C=O) groups excluding carboxylic acids is 2. The van der Waals surface area contributed by atoms with Gasteiger partial charge in [0, 0.05) is 31.9 Å². The lowest BCUT2D eigenvalue weighted by molar-refractivity contribution is -0.137. The molecule has 0 spiro atoms. The zero-order chi connectivity index (χ0) is 24.5. The van der Waals surface area contributed by atoms with Crippen molar-refractivity contribution < 1.29 is 18.4 Å². The van der Waals surface area contributed by atoms with Crippen LogP contribution >= 0.6 is 0 Å². The minimum atomic E-state index is -3.27. The lowest BCUT2D eigenvalue weighted by Crippen LogP contribution is -2.49. The molecule has 10 heteroatoms. The van der Waals surface area contributed by atoms with Crippen molar-refractivity contribution in [3.63, 3.8) is 0 Å². The summed E-state index contributed by atoms with van der Waals surface area (Å²) in [5, 5.41) is 2.97. The average molecular weight is 491 g/mol. The molecule has 3 aliphatic rings. The van der Waals surface area contributed by atoms with Crippen LogP contribution in [0.25, 0.3) is 6.08 Å². The summed E-state index contributed by atoms with van der Waals surface area (Å²) in [7, 11) is -1.13. The van der Waals surface area contributed by atoms with Gasteiger partial charge in [-0.15, -0.1) is 0 Å². The summed E-state index contributed by atoms with van der Waals surface area (Å²) in [5.74, 6) is -0.943. The maximum atomic E-state index is 13.1. The number of rotatable bonds is 7. The first-order valence-electron chi connectivity index (χ1n) is 11.9. The first-order chi connectivity index (χ1) is 16.2. The smallest absolute Gasteiger partial charge is 0.248 e. The molecule has 2 amide bonds. The summed E-state index contributed by atoms with van der Waals surface area (Å²) >= 11 is 0. The number of benzene rings is 1. The fraction of sp³-hybridized carbons (Fsp3) is 0.583. The van der Waals surface area contributed by atoms with E-state index >= 15 is 0 Å². The van der Waals surface area contributed by atoms with Gasteiger partial charge in [0.2, 0.25) is 27.9 Å². The predicted molar refractivity (Wildman–Crippen MR) is 135 cm³/mol. The molecular weight excluding hydrogens is 454 g/mol. The molecule has 3 atom stereocenters. The Bertz CT molecular complexity index is 1000. The van der Waals surface area contributed by atoms with Gasteiger partial charge in [0.15, 0.2) is 11.8 Å². The Morgan fingerprint density at radius 2 is 1.97 bits per heavy atom. The molecule has 2 aliphatic heterocycles. The van der Waals surface area contributed by atoms with E-state index in [1.807, 2.05) is 6.92 Å². The van der Waals surface area contributed by atoms with Crippen molar-refractivity contribution >= 4 is 33.8 Å². The van der Waals surface area contributed by atoms with Crippen LogP contribution in [-0.4, -0.2) is 83.6 Å². The van der Waals surface area contributed by atoms with Gasteiger partial charge in [0.25, 0.3) is 0 Å². The van der Waals surface area contributed by atoms with Crippen LogP contribution < -0.4 is 16.0 Å². The van der Waals surface area contributed by atoms with Crippen LogP contribution in [0.4, 0.5) is 5.69 Å². The number of hydrogen-bond acceptors (Lipinski definition) is 6. The monoisotopic (exact) mass is 490 g/mol. The van der Waals surface area contributed by atoms with Gasteiger partial charge in [-0.25, -0.2) is 0 Å². The first-order valence-corrected chi connectivity index (χ1v) is 13.8. The van der Waals surface area contributed by atoms with Crippen LogP contribution in [0.1, 0.15) is 36.9 Å². The Kier molecular flexibility index (Phi) is 7.42. The van der Waals surface area contributed by atoms with Crippen molar-refractivity contribution in [2.24, 2.45) is 11.7 Å². The second kappa shape index (κ2) is 10.2. The molecule has 1 aromatic rings. The standard InChI is InChI=1S/C24H35N5O4S/c1-17(26-24(31)22-15-34(32,33)16-29(22)23(30)14-25)21-8-7-20(28-11-9-27(2)10-12-28)13-19(21)6-5-18-3-4-18/h5-8,13,17-18,22H,3-4,9-12,14-16,25H2,1-2H3,(H-,26,31,32,33)/p+1/b6-5+/t17-,22-/m0/s1. The lowest BCUT2D eigenvalue weighted by Gasteiger charge is -2.34. The molecule has 1 unspecified atom stereocenters. The topological polar surface area (TPSA) is 119 Å². The highest BCUT2D eigenvalue weighted by atomic mass is 32.3. The van der Waals surface area contributed by atoms with Gasteiger partial charge in [-0.3, -0.25) is 14.5 Å². The third-order valence-corrected chi connectivity index (χ3v) is 8.39. The number of nitrogens with one attached hydrogen (secondary N) is 1. The molecule has 0 radical (unpaired) electrons. The van der Waals surface area contributed by atoms with E-state index in [0.717, 1.165) is 42.2 Å². The number of likely N-dealkylation sites (N-methyl/N-ethyl adjacent to an activating group) is 1. The van der Waals surface area contributed by atoms with E-state index in [-0.39, 0.29) is 24.2 Å². The number of hydrogen-bond donors (Lipinski definition) is 3. The fourth-order valence-corrected chi connectivity index (χ4v) is 6.24. The van der Waals surface area contributed by atoms with Gasteiger partial charge >= 0.3 is 0 Å². The number of anilines is 1. The zero-order valence-electron chi connectivity index (χ0n) is 20.0. The van der Waals surface area contributed by atoms with Crippen molar-refractivity contribution in [1.29, 1.82) is 0 Å². The summed E-state index contributed by atoms with van der Waals surface area (Å²) < 4.78 is 22.2. The lowest BCUT2D eigenvalue weighted by atomic mass is 9.98. The van der Waals surface area contributed by atoms with E-state index in [4.69, 9.17) is 5.73 Å². The molecule has 2 heterocycles. The third-order valence-electron chi connectivity index (χ3n) is 6.87. The Morgan fingerprint density at radius 3 is 2.62 bits per heavy atom. The van der Waals surface area contributed by atoms with E-state index in [0.29, 0.717) is 5.92 Å². The van der Waals surface area contributed by atoms with Gasteiger partial charge in [0.05, 0.1) is 12.6 Å². The van der Waals surface area contributed by atoms with Crippen LogP contribution in [0.15, 0.2) is 24.3 Å². The molecule has 1 saturated carbocycles. The summed E-state index contributed by atoms with van der Waals surface area (Å²) in [4.78, 5) is 31.1. The molecule has 2 saturated heterocycles. The van der Waals surface area contributed by atoms with E-state index in [1.165, 1.54) is 18.5 Å². The van der Waals surface area contributed by atoms with Crippen LogP contribution in [0, 0.1) is 5.92 Å². The highest BCUT2D eigenvalue weighted by Crippen LogP contribution is 2.33. The molecule has 1 aromatic carbocycles. The second-order valence-corrected chi connectivity index (χ2v) is 11.8. The van der Waals surface area contributed by atoms with Crippen molar-refractivity contribution in [2.45, 2.75) is 31.8 Å². The van der Waals surface area contributed by atoms with Crippen molar-refractivity contribution in [1.82, 2.24) is 15.1 Å². The molecule has 3 fully saturated rings. The van der Waals surface area contributed by atoms with Gasteiger partial charge in [-0.2, -0.15) is 4.55 Å². The summed E-state index contributed by atoms with van der Waals surface area (Å²) in [5.41, 5.74) is 8.65. The third kappa shape index (κ3) is 5.86. The number of nitrogens with zero attached hydrogens (tertiary/aromatic N) is 3. The van der Waals surface area contributed by atoms with Crippen LogP contribution in [0.3, 0.4) is 0 Å². The Hall–Kier alpha value is -2.27. The molecule has 4 N–H and O–H groups in total. The number of nitrogens with two attached hydrogens (primary N) is 1. The summed E-state index contributed by atoms with van der Waals surface area (Å²) in [6, 6.07) is 5.00. The van der Waals surface area contributed by atoms with Gasteiger partial charge < -0.3 is 20.9 Å². The van der Waals surface area contributed by atoms with Crippen molar-refractivity contribution in [3.8, 4) is 0 Å². The number of piperazine rings is 1. The SMILES string of the molecule is C[C@H](NC(=O)[C@@H]1C[S+](=O)(O)CN1C(=O)CN)c1ccc(N2CCN(C)CC2)cc1/C=C/C1CC1. The number of carbonyl (C=O) groups is 2. The molecule has 0 aromatic heterocycles. The van der Waals surface area contributed by atoms with Gasteiger partial charge in [-0.1, -0.05) is 22.4 Å². The predicted octanol–water partition coefficient (Wildman–Crippen LogP) is 1.14. The first kappa shape index (κ1) is 24.8. The maximum Gasteiger partial charge on any atom is 0.248 e. The highest BCUT2D eigenvalue weighted by molar-refractivity contribution is 7.98. The molecule has 34 heavy (non-hydrogen) atoms. The number of amides is 2. The highest BCUT2D eigenvalue weighted by Gasteiger charge is 2.50. The minimum Gasteiger partial charge on any atom is -0.369 e. The van der Waals surface area contributed by atoms with Gasteiger partial charge in [0.1, 0.15) is 0 Å². The molecule has 186 valence electrons. The fourth-order valence-electron chi connectivity index (χ4n) is 4.55. The van der Waals surface area contributed by atoms with Crippen LogP contribution in [-0.2, 0) is 24.0 Å². The van der Waals surface area contributed by atoms with E-state index < -0.39 is 28.1 Å². The summed E-state index contributed by atoms with van der Waals surface area (Å²) in [6.07, 6.45) is 6.81. The maximum absolute atomic E-state index is 13.1. The van der Waals surface area contributed by atoms with Crippen LogP contribution in [0.5, 0.6) is 0 Å². The largest absolute Gasteiger partial charge is 0.369 e. The minimum absolute atomic E-state index is 0.270. The molecular formula is C24H36N5O4S+. The molecule has 0 bridgehead atoms. The number of allylic oxidation sites excluding steroid dienone is 1. The quantitative estimate of drug-likeness (QED) is 0.491. The Labute approximate surface area is 202 Å². The Morgan fingerprint density at radius 1 is 1.26 bits per heavy atom. The average Bonchev–Trinajstić information content (AvgIpc) is 3.58. The van der Waals surface area contributed by atoms with Crippen LogP contribution in [0.2, 0.25) is 0 Å². The van der Waals surface area contributed by atoms with Crippen molar-refractivity contribution in [3.05, 3.63) is 35.4 Å². The van der Waals surface area contributed by atoms with E-state index in [2.05, 4.69) is 52.5 Å². The van der Waals surface area contributed by atoms with E-state index in [9.17, 15) is 18.4 Å². The second-order valence-electron chi connectivity index (χ2n) is 9.68. The zero-order valence-corrected chi connectivity index (χ0v) is 20.8. The van der Waals surface area contributed by atoms with E-state index in [1.54, 1.807) is 0 Å². The Balaban J connectivity index is 1.53.